The zero-order valence-electron chi connectivity index (χ0n) is 14.9. The van der Waals surface area contributed by atoms with E-state index in [1.165, 1.54) is 6.20 Å². The molecule has 0 unspecified atom stereocenters. The first-order chi connectivity index (χ1) is 13.6. The molecule has 1 saturated heterocycles. The maximum Gasteiger partial charge on any atom is 0.254 e. The van der Waals surface area contributed by atoms with Crippen LogP contribution in [0.2, 0.25) is 5.02 Å². The number of hydrogen-bond donors (Lipinski definition) is 0. The molecule has 0 N–H and O–H groups in total. The summed E-state index contributed by atoms with van der Waals surface area (Å²) in [6.07, 6.45) is 1.39. The number of carbonyl (C=O) groups excluding carboxylic acids is 2. The predicted molar refractivity (Wildman–Crippen MR) is 106 cm³/mol. The lowest BCUT2D eigenvalue weighted by Gasteiger charge is -2.38. The van der Waals surface area contributed by atoms with Crippen LogP contribution >= 0.6 is 11.6 Å². The Bertz CT molecular complexity index is 1000. The maximum atomic E-state index is 12.9. The zero-order chi connectivity index (χ0) is 19.5. The molecule has 28 heavy (non-hydrogen) atoms. The molecule has 1 fully saturated rings. The van der Waals surface area contributed by atoms with Crippen molar-refractivity contribution in [2.75, 3.05) is 13.1 Å². The fourth-order valence-electron chi connectivity index (χ4n) is 3.06. The van der Waals surface area contributed by atoms with E-state index in [0.29, 0.717) is 40.7 Å². The van der Waals surface area contributed by atoms with Gasteiger partial charge in [0.05, 0.1) is 23.7 Å². The van der Waals surface area contributed by atoms with Crippen molar-refractivity contribution in [1.29, 1.82) is 0 Å². The van der Waals surface area contributed by atoms with Gasteiger partial charge in [-0.2, -0.15) is 0 Å². The molecule has 1 aliphatic rings. The fourth-order valence-corrected chi connectivity index (χ4v) is 3.18. The van der Waals surface area contributed by atoms with E-state index in [4.69, 9.17) is 16.3 Å². The Labute approximate surface area is 167 Å². The number of ether oxygens (including phenoxy) is 1. The number of nitrogens with zero attached hydrogens (tertiary/aromatic N) is 2. The predicted octanol–water partition coefficient (Wildman–Crippen LogP) is 3.87. The molecule has 0 saturated carbocycles. The summed E-state index contributed by atoms with van der Waals surface area (Å²) in [6, 6.07) is 19.3. The van der Waals surface area contributed by atoms with Crippen LogP contribution in [0.5, 0.6) is 5.88 Å². The highest BCUT2D eigenvalue weighted by Gasteiger charge is 2.34. The van der Waals surface area contributed by atoms with E-state index in [0.717, 1.165) is 0 Å². The lowest BCUT2D eigenvalue weighted by molar-refractivity contribution is 0.0159. The molecular weight excluding hydrogens is 376 g/mol. The zero-order valence-corrected chi connectivity index (χ0v) is 15.7. The average molecular weight is 393 g/mol. The van der Waals surface area contributed by atoms with Crippen molar-refractivity contribution in [3.05, 3.63) is 94.6 Å². The number of benzene rings is 2. The molecule has 3 aromatic rings. The van der Waals surface area contributed by atoms with Crippen LogP contribution in [0.25, 0.3) is 0 Å². The van der Waals surface area contributed by atoms with Crippen LogP contribution < -0.4 is 4.74 Å². The molecule has 1 amide bonds. The number of halogens is 1. The summed E-state index contributed by atoms with van der Waals surface area (Å²) >= 11 is 5.81. The molecule has 0 atom stereocenters. The van der Waals surface area contributed by atoms with Gasteiger partial charge in [-0.1, -0.05) is 60.1 Å². The second-order valence-corrected chi connectivity index (χ2v) is 6.94. The molecule has 0 aliphatic carbocycles. The van der Waals surface area contributed by atoms with Crippen LogP contribution in [-0.2, 0) is 0 Å². The summed E-state index contributed by atoms with van der Waals surface area (Å²) < 4.78 is 5.74. The standard InChI is InChI=1S/C22H17ClN2O3/c23-16-10-11-20(24-12-16)28-17-13-25(14-17)22(27)19-9-5-4-8-18(19)21(26)15-6-2-1-3-7-15/h1-12,17H,13-14H2. The molecule has 5 nitrogen and oxygen atoms in total. The van der Waals surface area contributed by atoms with Gasteiger partial charge < -0.3 is 9.64 Å². The van der Waals surface area contributed by atoms with E-state index in [9.17, 15) is 9.59 Å². The Morgan fingerprint density at radius 1 is 0.929 bits per heavy atom. The van der Waals surface area contributed by atoms with Gasteiger partial charge in [-0.15, -0.1) is 0 Å². The van der Waals surface area contributed by atoms with Crippen LogP contribution in [0.4, 0.5) is 0 Å². The Balaban J connectivity index is 1.45. The molecule has 140 valence electrons. The number of carbonyl (C=O) groups is 2. The Morgan fingerprint density at radius 3 is 2.29 bits per heavy atom. The van der Waals surface area contributed by atoms with Crippen LogP contribution in [0.15, 0.2) is 72.9 Å². The van der Waals surface area contributed by atoms with E-state index in [1.54, 1.807) is 65.6 Å². The lowest BCUT2D eigenvalue weighted by atomic mass is 9.96. The number of pyridine rings is 1. The Hall–Kier alpha value is -3.18. The van der Waals surface area contributed by atoms with Crippen molar-refractivity contribution in [3.63, 3.8) is 0 Å². The quantitative estimate of drug-likeness (QED) is 0.618. The summed E-state index contributed by atoms with van der Waals surface area (Å²) in [4.78, 5) is 31.5. The summed E-state index contributed by atoms with van der Waals surface area (Å²) in [5.74, 6) is 0.133. The second-order valence-electron chi connectivity index (χ2n) is 6.51. The molecule has 1 aliphatic heterocycles. The molecule has 0 radical (unpaired) electrons. The van der Waals surface area contributed by atoms with Crippen molar-refractivity contribution in [2.24, 2.45) is 0 Å². The van der Waals surface area contributed by atoms with E-state index in [2.05, 4.69) is 4.98 Å². The van der Waals surface area contributed by atoms with Gasteiger partial charge in [-0.25, -0.2) is 4.98 Å². The summed E-state index contributed by atoms with van der Waals surface area (Å²) in [7, 11) is 0. The smallest absolute Gasteiger partial charge is 0.254 e. The molecule has 4 rings (SSSR count). The van der Waals surface area contributed by atoms with Gasteiger partial charge in [-0.3, -0.25) is 9.59 Å². The van der Waals surface area contributed by atoms with E-state index in [-0.39, 0.29) is 17.8 Å². The van der Waals surface area contributed by atoms with Crippen LogP contribution in [-0.4, -0.2) is 40.8 Å². The number of likely N-dealkylation sites (tertiary alicyclic amines) is 1. The summed E-state index contributed by atoms with van der Waals surface area (Å²) in [6.45, 7) is 0.883. The minimum atomic E-state index is -0.177. The van der Waals surface area contributed by atoms with Gasteiger partial charge in [0.1, 0.15) is 6.10 Å². The van der Waals surface area contributed by atoms with E-state index >= 15 is 0 Å². The second kappa shape index (κ2) is 7.82. The number of hydrogen-bond acceptors (Lipinski definition) is 4. The lowest BCUT2D eigenvalue weighted by Crippen LogP contribution is -2.56. The highest BCUT2D eigenvalue weighted by Crippen LogP contribution is 2.22. The molecular formula is C22H17ClN2O3. The van der Waals surface area contributed by atoms with Crippen molar-refractivity contribution in [1.82, 2.24) is 9.88 Å². The minimum Gasteiger partial charge on any atom is -0.471 e. The highest BCUT2D eigenvalue weighted by molar-refractivity contribution is 6.30. The third-order valence-electron chi connectivity index (χ3n) is 4.56. The number of amides is 1. The number of aromatic nitrogens is 1. The Kier molecular flexibility index (Phi) is 5.08. The fraction of sp³-hybridized carbons (Fsp3) is 0.136. The number of rotatable bonds is 5. The Morgan fingerprint density at radius 2 is 1.61 bits per heavy atom. The third-order valence-corrected chi connectivity index (χ3v) is 4.78. The average Bonchev–Trinajstić information content (AvgIpc) is 2.71. The molecule has 0 bridgehead atoms. The molecule has 2 heterocycles. The van der Waals surface area contributed by atoms with Gasteiger partial charge in [0, 0.05) is 23.4 Å². The maximum absolute atomic E-state index is 12.9. The summed E-state index contributed by atoms with van der Waals surface area (Å²) in [5.41, 5.74) is 1.36. The number of ketones is 1. The topological polar surface area (TPSA) is 59.5 Å². The van der Waals surface area contributed by atoms with Gasteiger partial charge in [0.2, 0.25) is 5.88 Å². The molecule has 6 heteroatoms. The van der Waals surface area contributed by atoms with Gasteiger partial charge >= 0.3 is 0 Å². The van der Waals surface area contributed by atoms with Crippen molar-refractivity contribution >= 4 is 23.3 Å². The van der Waals surface area contributed by atoms with Gasteiger partial charge in [-0.05, 0) is 12.1 Å². The monoisotopic (exact) mass is 392 g/mol. The van der Waals surface area contributed by atoms with Gasteiger partial charge in [0.25, 0.3) is 5.91 Å². The molecule has 2 aromatic carbocycles. The third kappa shape index (κ3) is 3.75. The van der Waals surface area contributed by atoms with Crippen LogP contribution in [0, 0.1) is 0 Å². The molecule has 1 aromatic heterocycles. The molecule has 0 spiro atoms. The van der Waals surface area contributed by atoms with E-state index < -0.39 is 0 Å². The summed E-state index contributed by atoms with van der Waals surface area (Å²) in [5, 5.41) is 0.539. The van der Waals surface area contributed by atoms with Crippen molar-refractivity contribution < 1.29 is 14.3 Å². The van der Waals surface area contributed by atoms with E-state index in [1.807, 2.05) is 6.07 Å². The minimum absolute atomic E-state index is 0.130. The highest BCUT2D eigenvalue weighted by atomic mass is 35.5. The first-order valence-corrected chi connectivity index (χ1v) is 9.26. The largest absolute Gasteiger partial charge is 0.471 e. The van der Waals surface area contributed by atoms with Gasteiger partial charge in [0.15, 0.2) is 5.78 Å². The van der Waals surface area contributed by atoms with Crippen LogP contribution in [0.1, 0.15) is 26.3 Å². The van der Waals surface area contributed by atoms with Crippen molar-refractivity contribution in [3.8, 4) is 5.88 Å². The first kappa shape index (κ1) is 18.2. The first-order valence-electron chi connectivity index (χ1n) is 8.88. The van der Waals surface area contributed by atoms with Crippen LogP contribution in [0.3, 0.4) is 0 Å². The SMILES string of the molecule is O=C(c1ccccc1)c1ccccc1C(=O)N1CC(Oc2ccc(Cl)cn2)C1. The van der Waals surface area contributed by atoms with Crippen molar-refractivity contribution in [2.45, 2.75) is 6.10 Å². The normalized spacial score (nSPS) is 13.7.